The average molecular weight is 608 g/mol. The van der Waals surface area contributed by atoms with Gasteiger partial charge in [0.15, 0.2) is 0 Å². The van der Waals surface area contributed by atoms with E-state index in [-0.39, 0.29) is 29.8 Å². The Kier molecular flexibility index (Phi) is 9.04. The summed E-state index contributed by atoms with van der Waals surface area (Å²) in [5, 5.41) is 5.23. The van der Waals surface area contributed by atoms with Crippen LogP contribution in [0.5, 0.6) is 0 Å². The van der Waals surface area contributed by atoms with Crippen LogP contribution in [0, 0.1) is 31.6 Å². The summed E-state index contributed by atoms with van der Waals surface area (Å²) in [5.41, 5.74) is 2.31. The van der Waals surface area contributed by atoms with E-state index < -0.39 is 35.6 Å². The van der Waals surface area contributed by atoms with Gasteiger partial charge in [0.2, 0.25) is 5.91 Å². The first kappa shape index (κ1) is 31.2. The predicted molar refractivity (Wildman–Crippen MR) is 160 cm³/mol. The number of amides is 2. The molecule has 1 saturated carbocycles. The van der Waals surface area contributed by atoms with Crippen LogP contribution >= 0.6 is 0 Å². The fourth-order valence-electron chi connectivity index (χ4n) is 4.96. The van der Waals surface area contributed by atoms with Crippen LogP contribution in [0.1, 0.15) is 50.2 Å². The second-order valence-electron chi connectivity index (χ2n) is 11.4. The van der Waals surface area contributed by atoms with Crippen LogP contribution in [-0.2, 0) is 17.5 Å². The number of anilines is 2. The maximum absolute atomic E-state index is 14.0. The standard InChI is InChI=1S/C33H33F4N5O2/c1-20-4-6-24(15-23(20)7-5-22-14-21(2)30(38-18-22)40-32(44)27-17-29(27)34)31(43)39-26-9-8-25(28(16-26)33(35,36)37)19-42-12-10-41(3)11-13-42/h4,6,8-9,14-16,18,27,29H,10-13,17,19H2,1-3H3,(H,39,43)(H,38,40,44)/t27-,29-/m1/s1. The zero-order valence-electron chi connectivity index (χ0n) is 24.7. The number of likely N-dealkylation sites (N-methyl/N-ethyl adjacent to an activating group) is 1. The highest BCUT2D eigenvalue weighted by Crippen LogP contribution is 2.35. The van der Waals surface area contributed by atoms with Crippen molar-refractivity contribution in [3.05, 3.63) is 87.6 Å². The molecule has 2 amide bonds. The van der Waals surface area contributed by atoms with Gasteiger partial charge in [0.25, 0.3) is 5.91 Å². The summed E-state index contributed by atoms with van der Waals surface area (Å²) in [6.45, 7) is 6.74. The monoisotopic (exact) mass is 607 g/mol. The quantitative estimate of drug-likeness (QED) is 0.290. The lowest BCUT2D eigenvalue weighted by Gasteiger charge is -2.33. The van der Waals surface area contributed by atoms with Gasteiger partial charge in [-0.05, 0) is 74.3 Å². The average Bonchev–Trinajstić information content (AvgIpc) is 3.72. The minimum Gasteiger partial charge on any atom is -0.322 e. The molecule has 1 saturated heterocycles. The van der Waals surface area contributed by atoms with E-state index in [0.717, 1.165) is 24.7 Å². The molecule has 0 unspecified atom stereocenters. The summed E-state index contributed by atoms with van der Waals surface area (Å²) in [5.74, 6) is 4.79. The molecule has 1 aromatic heterocycles. The molecule has 230 valence electrons. The summed E-state index contributed by atoms with van der Waals surface area (Å²) in [6.07, 6.45) is -3.95. The number of halogens is 4. The number of aromatic nitrogens is 1. The van der Waals surface area contributed by atoms with Gasteiger partial charge in [0, 0.05) is 61.3 Å². The van der Waals surface area contributed by atoms with E-state index in [4.69, 9.17) is 0 Å². The molecule has 2 heterocycles. The number of benzene rings is 2. The van der Waals surface area contributed by atoms with Crippen molar-refractivity contribution in [1.82, 2.24) is 14.8 Å². The van der Waals surface area contributed by atoms with E-state index in [1.54, 1.807) is 31.2 Å². The van der Waals surface area contributed by atoms with E-state index in [2.05, 4.69) is 32.4 Å². The van der Waals surface area contributed by atoms with Crippen LogP contribution in [0.3, 0.4) is 0 Å². The van der Waals surface area contributed by atoms with Crippen LogP contribution in [0.2, 0.25) is 0 Å². The zero-order valence-corrected chi connectivity index (χ0v) is 24.7. The third kappa shape index (κ3) is 7.62. The second kappa shape index (κ2) is 12.8. The Labute approximate surface area is 253 Å². The number of nitrogens with one attached hydrogen (secondary N) is 2. The smallest absolute Gasteiger partial charge is 0.322 e. The molecule has 2 atom stereocenters. The Morgan fingerprint density at radius 1 is 0.977 bits per heavy atom. The lowest BCUT2D eigenvalue weighted by molar-refractivity contribution is -0.138. The Hall–Kier alpha value is -4.27. The van der Waals surface area contributed by atoms with Gasteiger partial charge < -0.3 is 15.5 Å². The highest BCUT2D eigenvalue weighted by Gasteiger charge is 2.43. The van der Waals surface area contributed by atoms with Gasteiger partial charge in [-0.25, -0.2) is 9.37 Å². The Balaban J connectivity index is 1.29. The van der Waals surface area contributed by atoms with Crippen LogP contribution in [0.4, 0.5) is 29.1 Å². The molecular formula is C33H33F4N5O2. The van der Waals surface area contributed by atoms with Crippen molar-refractivity contribution in [2.75, 3.05) is 43.9 Å². The van der Waals surface area contributed by atoms with Crippen LogP contribution < -0.4 is 10.6 Å². The fraction of sp³-hybridized carbons (Fsp3) is 0.364. The molecule has 5 rings (SSSR count). The summed E-state index contributed by atoms with van der Waals surface area (Å²) in [7, 11) is 1.99. The van der Waals surface area contributed by atoms with E-state index in [1.165, 1.54) is 18.3 Å². The van der Waals surface area contributed by atoms with E-state index in [0.29, 0.717) is 35.6 Å². The molecule has 0 radical (unpaired) electrons. The van der Waals surface area contributed by atoms with E-state index in [1.807, 2.05) is 18.9 Å². The highest BCUT2D eigenvalue weighted by atomic mass is 19.4. The number of alkyl halides is 4. The molecule has 1 aliphatic heterocycles. The minimum absolute atomic E-state index is 0.0510. The Bertz CT molecular complexity index is 1640. The van der Waals surface area contributed by atoms with Crippen LogP contribution in [0.25, 0.3) is 0 Å². The van der Waals surface area contributed by atoms with Gasteiger partial charge in [0.05, 0.1) is 11.5 Å². The first-order valence-corrected chi connectivity index (χ1v) is 14.3. The van der Waals surface area contributed by atoms with Crippen molar-refractivity contribution >= 4 is 23.3 Å². The van der Waals surface area contributed by atoms with Crippen LogP contribution in [0.15, 0.2) is 48.7 Å². The second-order valence-corrected chi connectivity index (χ2v) is 11.4. The molecule has 0 spiro atoms. The van der Waals surface area contributed by atoms with Gasteiger partial charge in [-0.3, -0.25) is 14.5 Å². The number of carbonyl (C=O) groups excluding carboxylic acids is 2. The lowest BCUT2D eigenvalue weighted by atomic mass is 10.0. The normalized spacial score (nSPS) is 18.7. The number of hydrogen-bond donors (Lipinski definition) is 2. The molecule has 44 heavy (non-hydrogen) atoms. The summed E-state index contributed by atoms with van der Waals surface area (Å²) in [6, 6.07) is 10.6. The highest BCUT2D eigenvalue weighted by molar-refractivity contribution is 6.04. The fourth-order valence-corrected chi connectivity index (χ4v) is 4.96. The molecule has 7 nitrogen and oxygen atoms in total. The number of piperazine rings is 1. The molecule has 2 aliphatic rings. The zero-order chi connectivity index (χ0) is 31.6. The van der Waals surface area contributed by atoms with Gasteiger partial charge in [-0.15, -0.1) is 0 Å². The first-order chi connectivity index (χ1) is 20.9. The first-order valence-electron chi connectivity index (χ1n) is 14.3. The van der Waals surface area contributed by atoms with Crippen molar-refractivity contribution in [3.8, 4) is 11.8 Å². The largest absolute Gasteiger partial charge is 0.416 e. The van der Waals surface area contributed by atoms with Crippen LogP contribution in [-0.4, -0.2) is 66.0 Å². The Morgan fingerprint density at radius 3 is 2.36 bits per heavy atom. The summed E-state index contributed by atoms with van der Waals surface area (Å²) < 4.78 is 55.1. The van der Waals surface area contributed by atoms with Crippen molar-refractivity contribution in [2.24, 2.45) is 5.92 Å². The SMILES string of the molecule is Cc1ccc(C(=O)Nc2ccc(CN3CCN(C)CC3)c(C(F)(F)F)c2)cc1C#Cc1cnc(NC(=O)[C@@H]2C[C@H]2F)c(C)c1. The van der Waals surface area contributed by atoms with Crippen molar-refractivity contribution in [1.29, 1.82) is 0 Å². The van der Waals surface area contributed by atoms with Crippen molar-refractivity contribution in [3.63, 3.8) is 0 Å². The van der Waals surface area contributed by atoms with Crippen molar-refractivity contribution < 1.29 is 27.2 Å². The number of pyridine rings is 1. The summed E-state index contributed by atoms with van der Waals surface area (Å²) in [4.78, 5) is 33.5. The maximum Gasteiger partial charge on any atom is 0.416 e. The number of rotatable bonds is 6. The summed E-state index contributed by atoms with van der Waals surface area (Å²) >= 11 is 0. The Morgan fingerprint density at radius 2 is 1.70 bits per heavy atom. The number of nitrogens with zero attached hydrogens (tertiary/aromatic N) is 3. The lowest BCUT2D eigenvalue weighted by Crippen LogP contribution is -2.44. The van der Waals surface area contributed by atoms with Gasteiger partial charge >= 0.3 is 6.18 Å². The molecule has 2 fully saturated rings. The molecule has 3 aromatic rings. The third-order valence-electron chi connectivity index (χ3n) is 7.87. The minimum atomic E-state index is -4.57. The molecule has 1 aliphatic carbocycles. The molecule has 2 N–H and O–H groups in total. The van der Waals surface area contributed by atoms with Gasteiger partial charge in [0.1, 0.15) is 12.0 Å². The van der Waals surface area contributed by atoms with Crippen molar-refractivity contribution in [2.45, 2.75) is 39.2 Å². The van der Waals surface area contributed by atoms with Gasteiger partial charge in [-0.1, -0.05) is 24.0 Å². The predicted octanol–water partition coefficient (Wildman–Crippen LogP) is 5.41. The number of carbonyl (C=O) groups is 2. The number of aryl methyl sites for hydroxylation is 2. The third-order valence-corrected chi connectivity index (χ3v) is 7.87. The van der Waals surface area contributed by atoms with Gasteiger partial charge in [-0.2, -0.15) is 13.2 Å². The number of hydrogen-bond acceptors (Lipinski definition) is 5. The molecule has 2 aromatic carbocycles. The molecular weight excluding hydrogens is 574 g/mol. The molecule has 11 heteroatoms. The maximum atomic E-state index is 14.0. The van der Waals surface area contributed by atoms with E-state index in [9.17, 15) is 27.2 Å². The topological polar surface area (TPSA) is 77.6 Å². The molecule has 0 bridgehead atoms. The van der Waals surface area contributed by atoms with E-state index >= 15 is 0 Å².